The third-order valence-electron chi connectivity index (χ3n) is 6.16. The summed E-state index contributed by atoms with van der Waals surface area (Å²) in [6, 6.07) is 22.5. The van der Waals surface area contributed by atoms with Crippen molar-refractivity contribution in [2.45, 2.75) is 58.6 Å². The van der Waals surface area contributed by atoms with E-state index in [1.807, 2.05) is 31.2 Å². The molecule has 4 rings (SSSR count). The van der Waals surface area contributed by atoms with Crippen LogP contribution in [-0.2, 0) is 17.6 Å². The van der Waals surface area contributed by atoms with Gasteiger partial charge in [0.05, 0.1) is 6.04 Å². The standard InChI is InChI=1S/C28H31NO2/c1-19-13-16-26(20(2)17-19)27(23-10-5-4-6-11-23)29-28(30)21(3)31-25-15-14-22-9-7-8-12-24(22)18-25/h4-6,10-11,13-18,21,27H,7-9,12H2,1-3H3,(H,29,30)/t21-,27+/m1/s1. The van der Waals surface area contributed by atoms with E-state index in [-0.39, 0.29) is 11.9 Å². The molecule has 0 aliphatic heterocycles. The number of rotatable bonds is 6. The SMILES string of the molecule is Cc1ccc([C@@H](NC(=O)[C@@H](C)Oc2ccc3c(c2)CCCC3)c2ccccc2)c(C)c1. The number of amides is 1. The maximum atomic E-state index is 13.1. The summed E-state index contributed by atoms with van der Waals surface area (Å²) in [5.41, 5.74) is 7.30. The number of carbonyl (C=O) groups excluding carboxylic acids is 1. The Labute approximate surface area is 185 Å². The van der Waals surface area contributed by atoms with Gasteiger partial charge >= 0.3 is 0 Å². The molecule has 0 aromatic heterocycles. The largest absolute Gasteiger partial charge is 0.481 e. The number of aryl methyl sites for hydroxylation is 4. The lowest BCUT2D eigenvalue weighted by atomic mass is 9.92. The second-order valence-corrected chi connectivity index (χ2v) is 8.61. The predicted molar refractivity (Wildman–Crippen MR) is 126 cm³/mol. The van der Waals surface area contributed by atoms with Crippen LogP contribution in [0.25, 0.3) is 0 Å². The van der Waals surface area contributed by atoms with E-state index < -0.39 is 6.10 Å². The van der Waals surface area contributed by atoms with Crippen LogP contribution in [0.2, 0.25) is 0 Å². The zero-order chi connectivity index (χ0) is 21.8. The van der Waals surface area contributed by atoms with Crippen molar-refractivity contribution in [3.8, 4) is 5.75 Å². The number of hydrogen-bond acceptors (Lipinski definition) is 2. The molecule has 3 aromatic rings. The number of nitrogens with one attached hydrogen (secondary N) is 1. The summed E-state index contributed by atoms with van der Waals surface area (Å²) in [6.45, 7) is 6.00. The summed E-state index contributed by atoms with van der Waals surface area (Å²) >= 11 is 0. The minimum absolute atomic E-state index is 0.119. The van der Waals surface area contributed by atoms with Gasteiger partial charge in [0.15, 0.2) is 6.10 Å². The normalized spacial score (nSPS) is 14.9. The van der Waals surface area contributed by atoms with Gasteiger partial charge in [-0.2, -0.15) is 0 Å². The third-order valence-corrected chi connectivity index (χ3v) is 6.16. The summed E-state index contributed by atoms with van der Waals surface area (Å²) in [6.07, 6.45) is 4.13. The van der Waals surface area contributed by atoms with E-state index in [0.29, 0.717) is 0 Å². The van der Waals surface area contributed by atoms with Gasteiger partial charge in [0.2, 0.25) is 0 Å². The van der Waals surface area contributed by atoms with Gasteiger partial charge in [0.1, 0.15) is 5.75 Å². The fourth-order valence-electron chi connectivity index (χ4n) is 4.44. The molecule has 31 heavy (non-hydrogen) atoms. The molecule has 0 radical (unpaired) electrons. The predicted octanol–water partition coefficient (Wildman–Crippen LogP) is 5.86. The Balaban J connectivity index is 1.53. The first kappa shape index (κ1) is 21.2. The minimum Gasteiger partial charge on any atom is -0.481 e. The third kappa shape index (κ3) is 4.99. The van der Waals surface area contributed by atoms with Gasteiger partial charge in [-0.05, 0) is 86.4 Å². The number of carbonyl (C=O) groups is 1. The van der Waals surface area contributed by atoms with E-state index in [1.165, 1.54) is 29.5 Å². The molecular weight excluding hydrogens is 382 g/mol. The van der Waals surface area contributed by atoms with Crippen LogP contribution in [0.15, 0.2) is 66.7 Å². The molecule has 1 aliphatic rings. The molecule has 3 nitrogen and oxygen atoms in total. The molecule has 160 valence electrons. The number of hydrogen-bond donors (Lipinski definition) is 1. The van der Waals surface area contributed by atoms with Crippen molar-refractivity contribution in [1.29, 1.82) is 0 Å². The van der Waals surface area contributed by atoms with Gasteiger partial charge in [-0.3, -0.25) is 4.79 Å². The number of benzene rings is 3. The summed E-state index contributed by atoms with van der Waals surface area (Å²) in [4.78, 5) is 13.1. The van der Waals surface area contributed by atoms with E-state index in [0.717, 1.165) is 35.3 Å². The fourth-order valence-corrected chi connectivity index (χ4v) is 4.44. The summed E-state index contributed by atoms with van der Waals surface area (Å²) in [7, 11) is 0. The Bertz CT molecular complexity index is 1060. The van der Waals surface area contributed by atoms with Crippen LogP contribution < -0.4 is 10.1 Å². The molecule has 3 aromatic carbocycles. The van der Waals surface area contributed by atoms with Crippen LogP contribution >= 0.6 is 0 Å². The maximum absolute atomic E-state index is 13.1. The van der Waals surface area contributed by atoms with Crippen molar-refractivity contribution in [2.24, 2.45) is 0 Å². The molecule has 0 saturated heterocycles. The highest BCUT2D eigenvalue weighted by Gasteiger charge is 2.23. The highest BCUT2D eigenvalue weighted by Crippen LogP contribution is 2.28. The van der Waals surface area contributed by atoms with Crippen molar-refractivity contribution >= 4 is 5.91 Å². The molecule has 0 heterocycles. The van der Waals surface area contributed by atoms with Gasteiger partial charge in [-0.25, -0.2) is 0 Å². The summed E-state index contributed by atoms with van der Waals surface area (Å²) < 4.78 is 6.05. The Morgan fingerprint density at radius 3 is 2.39 bits per heavy atom. The lowest BCUT2D eigenvalue weighted by Crippen LogP contribution is -2.39. The van der Waals surface area contributed by atoms with Gasteiger partial charge in [0, 0.05) is 0 Å². The molecule has 1 aliphatic carbocycles. The lowest BCUT2D eigenvalue weighted by molar-refractivity contribution is -0.127. The van der Waals surface area contributed by atoms with Crippen LogP contribution in [0.4, 0.5) is 0 Å². The fraction of sp³-hybridized carbons (Fsp3) is 0.321. The van der Waals surface area contributed by atoms with Gasteiger partial charge in [-0.15, -0.1) is 0 Å². The topological polar surface area (TPSA) is 38.3 Å². The quantitative estimate of drug-likeness (QED) is 0.550. The molecule has 3 heteroatoms. The Kier molecular flexibility index (Phi) is 6.41. The van der Waals surface area contributed by atoms with Crippen LogP contribution in [0.1, 0.15) is 59.2 Å². The molecular formula is C28H31NO2. The van der Waals surface area contributed by atoms with Crippen molar-refractivity contribution in [1.82, 2.24) is 5.32 Å². The highest BCUT2D eigenvalue weighted by molar-refractivity contribution is 5.81. The molecule has 2 atom stereocenters. The summed E-state index contributed by atoms with van der Waals surface area (Å²) in [5, 5.41) is 3.23. The monoisotopic (exact) mass is 413 g/mol. The zero-order valence-corrected chi connectivity index (χ0v) is 18.7. The number of ether oxygens (including phenoxy) is 1. The zero-order valence-electron chi connectivity index (χ0n) is 18.7. The Hall–Kier alpha value is -3.07. The number of fused-ring (bicyclic) bond motifs is 1. The molecule has 1 amide bonds. The van der Waals surface area contributed by atoms with Gasteiger partial charge < -0.3 is 10.1 Å². The van der Waals surface area contributed by atoms with Crippen LogP contribution in [-0.4, -0.2) is 12.0 Å². The molecule has 0 unspecified atom stereocenters. The first-order valence-electron chi connectivity index (χ1n) is 11.2. The van der Waals surface area contributed by atoms with Crippen LogP contribution in [0, 0.1) is 13.8 Å². The molecule has 0 spiro atoms. The average molecular weight is 414 g/mol. The first-order chi connectivity index (χ1) is 15.0. The second-order valence-electron chi connectivity index (χ2n) is 8.61. The van der Waals surface area contributed by atoms with Crippen LogP contribution in [0.5, 0.6) is 5.75 Å². The second kappa shape index (κ2) is 9.38. The molecule has 0 saturated carbocycles. The molecule has 1 N–H and O–H groups in total. The van der Waals surface area contributed by atoms with E-state index in [2.05, 4.69) is 61.6 Å². The minimum atomic E-state index is -0.585. The van der Waals surface area contributed by atoms with E-state index >= 15 is 0 Å². The Morgan fingerprint density at radius 1 is 0.903 bits per heavy atom. The van der Waals surface area contributed by atoms with Gasteiger partial charge in [0.25, 0.3) is 5.91 Å². The van der Waals surface area contributed by atoms with Crippen molar-refractivity contribution < 1.29 is 9.53 Å². The molecule has 0 bridgehead atoms. The summed E-state index contributed by atoms with van der Waals surface area (Å²) in [5.74, 6) is 0.651. The smallest absolute Gasteiger partial charge is 0.261 e. The molecule has 0 fully saturated rings. The van der Waals surface area contributed by atoms with Crippen molar-refractivity contribution in [2.75, 3.05) is 0 Å². The first-order valence-corrected chi connectivity index (χ1v) is 11.2. The van der Waals surface area contributed by atoms with Crippen molar-refractivity contribution in [3.63, 3.8) is 0 Å². The maximum Gasteiger partial charge on any atom is 0.261 e. The average Bonchev–Trinajstić information content (AvgIpc) is 2.78. The van der Waals surface area contributed by atoms with Crippen molar-refractivity contribution in [3.05, 3.63) is 100 Å². The van der Waals surface area contributed by atoms with E-state index in [4.69, 9.17) is 4.74 Å². The van der Waals surface area contributed by atoms with E-state index in [9.17, 15) is 4.79 Å². The highest BCUT2D eigenvalue weighted by atomic mass is 16.5. The van der Waals surface area contributed by atoms with Crippen LogP contribution in [0.3, 0.4) is 0 Å². The lowest BCUT2D eigenvalue weighted by Gasteiger charge is -2.24. The Morgan fingerprint density at radius 2 is 1.65 bits per heavy atom. The van der Waals surface area contributed by atoms with Gasteiger partial charge in [-0.1, -0.05) is 60.2 Å². The van der Waals surface area contributed by atoms with E-state index in [1.54, 1.807) is 0 Å².